The van der Waals surface area contributed by atoms with E-state index in [9.17, 15) is 0 Å². The summed E-state index contributed by atoms with van der Waals surface area (Å²) in [6.45, 7) is 9.44. The molecule has 3 nitrogen and oxygen atoms in total. The monoisotopic (exact) mass is 354 g/mol. The Balaban J connectivity index is 2.27. The Kier molecular flexibility index (Phi) is 7.00. The van der Waals surface area contributed by atoms with Crippen LogP contribution in [0.2, 0.25) is 0 Å². The summed E-state index contributed by atoms with van der Waals surface area (Å²) in [6, 6.07) is 6.88. The second-order valence-corrected chi connectivity index (χ2v) is 6.47. The lowest BCUT2D eigenvalue weighted by Crippen LogP contribution is -2.45. The Labute approximate surface area is 137 Å². The summed E-state index contributed by atoms with van der Waals surface area (Å²) in [6.07, 6.45) is 3.69. The second kappa shape index (κ2) is 8.76. The second-order valence-electron chi connectivity index (χ2n) is 5.56. The van der Waals surface area contributed by atoms with Gasteiger partial charge in [0.2, 0.25) is 0 Å². The first-order valence-corrected chi connectivity index (χ1v) is 8.92. The molecule has 0 aliphatic carbocycles. The van der Waals surface area contributed by atoms with Crippen LogP contribution in [-0.4, -0.2) is 37.7 Å². The van der Waals surface area contributed by atoms with E-state index in [0.29, 0.717) is 6.04 Å². The Bertz CT molecular complexity index is 433. The van der Waals surface area contributed by atoms with Crippen molar-refractivity contribution in [3.63, 3.8) is 0 Å². The summed E-state index contributed by atoms with van der Waals surface area (Å²) in [5, 5.41) is 3.45. The van der Waals surface area contributed by atoms with E-state index < -0.39 is 0 Å². The van der Waals surface area contributed by atoms with E-state index in [4.69, 9.17) is 4.74 Å². The van der Waals surface area contributed by atoms with Gasteiger partial charge in [-0.3, -0.25) is 4.90 Å². The molecule has 2 rings (SSSR count). The first-order valence-electron chi connectivity index (χ1n) is 8.13. The van der Waals surface area contributed by atoms with E-state index in [-0.39, 0.29) is 0 Å². The number of benzene rings is 1. The lowest BCUT2D eigenvalue weighted by molar-refractivity contribution is 0.159. The summed E-state index contributed by atoms with van der Waals surface area (Å²) in [4.78, 5) is 2.61. The highest BCUT2D eigenvalue weighted by Crippen LogP contribution is 2.35. The number of rotatable bonds is 7. The summed E-state index contributed by atoms with van der Waals surface area (Å²) >= 11 is 3.62. The average Bonchev–Trinajstić information content (AvgIpc) is 2.51. The molecule has 1 heterocycles. The van der Waals surface area contributed by atoms with E-state index in [0.717, 1.165) is 43.0 Å². The van der Waals surface area contributed by atoms with Gasteiger partial charge in [-0.2, -0.15) is 0 Å². The average molecular weight is 355 g/mol. The molecule has 0 bridgehead atoms. The van der Waals surface area contributed by atoms with Crippen LogP contribution in [0.4, 0.5) is 0 Å². The molecule has 1 aliphatic heterocycles. The van der Waals surface area contributed by atoms with Gasteiger partial charge in [-0.25, -0.2) is 0 Å². The zero-order chi connectivity index (χ0) is 15.1. The van der Waals surface area contributed by atoms with Crippen molar-refractivity contribution in [3.8, 4) is 5.75 Å². The van der Waals surface area contributed by atoms with Crippen molar-refractivity contribution in [3.05, 3.63) is 28.2 Å². The number of ether oxygens (including phenoxy) is 1. The van der Waals surface area contributed by atoms with Crippen LogP contribution in [-0.2, 0) is 0 Å². The number of nitrogens with one attached hydrogen (secondary N) is 1. The van der Waals surface area contributed by atoms with Crippen molar-refractivity contribution < 1.29 is 4.74 Å². The Morgan fingerprint density at radius 3 is 2.71 bits per heavy atom. The van der Waals surface area contributed by atoms with Crippen LogP contribution < -0.4 is 10.1 Å². The molecule has 1 aromatic rings. The van der Waals surface area contributed by atoms with E-state index in [1.165, 1.54) is 24.8 Å². The van der Waals surface area contributed by atoms with Crippen LogP contribution >= 0.6 is 15.9 Å². The molecule has 0 saturated carbocycles. The third-order valence-corrected chi connectivity index (χ3v) is 4.55. The predicted molar refractivity (Wildman–Crippen MR) is 92.0 cm³/mol. The third kappa shape index (κ3) is 4.70. The van der Waals surface area contributed by atoms with Gasteiger partial charge in [-0.1, -0.05) is 35.7 Å². The molecule has 0 amide bonds. The number of nitrogens with zero attached hydrogens (tertiary/aromatic N) is 1. The molecule has 1 saturated heterocycles. The smallest absolute Gasteiger partial charge is 0.124 e. The molecule has 1 atom stereocenters. The first kappa shape index (κ1) is 16.8. The minimum atomic E-state index is 0.464. The van der Waals surface area contributed by atoms with Crippen molar-refractivity contribution in [2.75, 3.05) is 32.8 Å². The van der Waals surface area contributed by atoms with Crippen LogP contribution in [0.3, 0.4) is 0 Å². The van der Waals surface area contributed by atoms with Crippen LogP contribution in [0.5, 0.6) is 5.75 Å². The van der Waals surface area contributed by atoms with Gasteiger partial charge in [0.15, 0.2) is 0 Å². The fourth-order valence-corrected chi connectivity index (χ4v) is 3.37. The lowest BCUT2D eigenvalue weighted by atomic mass is 9.98. The summed E-state index contributed by atoms with van der Waals surface area (Å²) in [7, 11) is 0. The number of halogens is 1. The number of piperazine rings is 1. The van der Waals surface area contributed by atoms with Gasteiger partial charge in [0.1, 0.15) is 5.75 Å². The molecule has 118 valence electrons. The predicted octanol–water partition coefficient (Wildman–Crippen LogP) is 3.98. The molecule has 1 aromatic carbocycles. The molecule has 0 unspecified atom stereocenters. The van der Waals surface area contributed by atoms with Crippen molar-refractivity contribution in [2.24, 2.45) is 0 Å². The molecule has 4 heteroatoms. The van der Waals surface area contributed by atoms with E-state index in [1.807, 2.05) is 0 Å². The lowest BCUT2D eigenvalue weighted by Gasteiger charge is -2.36. The molecule has 1 N–H and O–H groups in total. The quantitative estimate of drug-likeness (QED) is 0.801. The van der Waals surface area contributed by atoms with Crippen LogP contribution in [0.25, 0.3) is 0 Å². The highest BCUT2D eigenvalue weighted by Gasteiger charge is 2.24. The van der Waals surface area contributed by atoms with Crippen molar-refractivity contribution in [2.45, 2.75) is 39.2 Å². The first-order chi connectivity index (χ1) is 10.3. The Morgan fingerprint density at radius 1 is 1.29 bits per heavy atom. The standard InChI is InChI=1S/C17H27BrN2O/c1-3-5-6-16(20-11-9-19-10-12-20)15-13-14(18)7-8-17(15)21-4-2/h7-8,13,16,19H,3-6,9-12H2,1-2H3/t16-/m1/s1. The maximum Gasteiger partial charge on any atom is 0.124 e. The molecule has 1 aliphatic rings. The Morgan fingerprint density at radius 2 is 2.05 bits per heavy atom. The van der Waals surface area contributed by atoms with Gasteiger partial charge >= 0.3 is 0 Å². The number of hydrogen-bond acceptors (Lipinski definition) is 3. The van der Waals surface area contributed by atoms with Gasteiger partial charge in [0.05, 0.1) is 6.61 Å². The third-order valence-electron chi connectivity index (χ3n) is 4.05. The van der Waals surface area contributed by atoms with Gasteiger partial charge < -0.3 is 10.1 Å². The normalized spacial score (nSPS) is 17.7. The molecular formula is C17H27BrN2O. The number of hydrogen-bond donors (Lipinski definition) is 1. The summed E-state index contributed by atoms with van der Waals surface area (Å²) in [5.74, 6) is 1.04. The molecular weight excluding hydrogens is 328 g/mol. The summed E-state index contributed by atoms with van der Waals surface area (Å²) < 4.78 is 7.02. The topological polar surface area (TPSA) is 24.5 Å². The van der Waals surface area contributed by atoms with E-state index in [2.05, 4.69) is 58.2 Å². The fourth-order valence-electron chi connectivity index (χ4n) is 2.99. The van der Waals surface area contributed by atoms with Crippen molar-refractivity contribution in [1.82, 2.24) is 10.2 Å². The molecule has 0 aromatic heterocycles. The largest absolute Gasteiger partial charge is 0.494 e. The highest BCUT2D eigenvalue weighted by molar-refractivity contribution is 9.10. The van der Waals surface area contributed by atoms with Crippen LogP contribution in [0.1, 0.15) is 44.7 Å². The minimum absolute atomic E-state index is 0.464. The zero-order valence-corrected chi connectivity index (χ0v) is 14.8. The van der Waals surface area contributed by atoms with Crippen LogP contribution in [0, 0.1) is 0 Å². The number of unbranched alkanes of at least 4 members (excludes halogenated alkanes) is 1. The highest BCUT2D eigenvalue weighted by atomic mass is 79.9. The van der Waals surface area contributed by atoms with Gasteiger partial charge in [-0.05, 0) is 31.5 Å². The zero-order valence-electron chi connectivity index (χ0n) is 13.2. The van der Waals surface area contributed by atoms with Crippen molar-refractivity contribution >= 4 is 15.9 Å². The maximum atomic E-state index is 5.88. The van der Waals surface area contributed by atoms with E-state index >= 15 is 0 Å². The molecule has 1 fully saturated rings. The SMILES string of the molecule is CCCC[C@H](c1cc(Br)ccc1OCC)N1CCNCC1. The molecule has 0 spiro atoms. The molecule has 21 heavy (non-hydrogen) atoms. The fraction of sp³-hybridized carbons (Fsp3) is 0.647. The molecule has 0 radical (unpaired) electrons. The summed E-state index contributed by atoms with van der Waals surface area (Å²) in [5.41, 5.74) is 1.33. The van der Waals surface area contributed by atoms with Gasteiger partial charge in [0, 0.05) is 42.3 Å². The van der Waals surface area contributed by atoms with Crippen LogP contribution in [0.15, 0.2) is 22.7 Å². The van der Waals surface area contributed by atoms with Gasteiger partial charge in [-0.15, -0.1) is 0 Å². The van der Waals surface area contributed by atoms with Gasteiger partial charge in [0.25, 0.3) is 0 Å². The minimum Gasteiger partial charge on any atom is -0.494 e. The van der Waals surface area contributed by atoms with E-state index in [1.54, 1.807) is 0 Å². The van der Waals surface area contributed by atoms with Crippen molar-refractivity contribution in [1.29, 1.82) is 0 Å². The maximum absolute atomic E-state index is 5.88. The Hall–Kier alpha value is -0.580.